The van der Waals surface area contributed by atoms with E-state index in [9.17, 15) is 4.79 Å². The Morgan fingerprint density at radius 2 is 2.32 bits per heavy atom. The zero-order valence-corrected chi connectivity index (χ0v) is 11.5. The molecule has 1 aromatic rings. The highest BCUT2D eigenvalue weighted by Gasteiger charge is 2.34. The number of nitrogens with zero attached hydrogens (tertiary/aromatic N) is 1. The Balaban J connectivity index is 1.99. The van der Waals surface area contributed by atoms with Crippen molar-refractivity contribution in [1.82, 2.24) is 4.98 Å². The van der Waals surface area contributed by atoms with Gasteiger partial charge in [0.1, 0.15) is 5.69 Å². The first kappa shape index (κ1) is 13.8. The molecule has 0 spiro atoms. The number of carbonyl (C=O) groups is 1. The minimum absolute atomic E-state index is 0.0121. The van der Waals surface area contributed by atoms with Crippen LogP contribution in [0.15, 0.2) is 18.3 Å². The topological polar surface area (TPSA) is 77.2 Å². The van der Waals surface area contributed by atoms with Gasteiger partial charge in [0.25, 0.3) is 0 Å². The second kappa shape index (κ2) is 5.57. The number of carbonyl (C=O) groups excluding carboxylic acids is 1. The summed E-state index contributed by atoms with van der Waals surface area (Å²) in [6.45, 7) is 3.84. The largest absolute Gasteiger partial charge is 0.473 e. The number of amides is 1. The van der Waals surface area contributed by atoms with Gasteiger partial charge >= 0.3 is 0 Å². The quantitative estimate of drug-likeness (QED) is 0.852. The monoisotopic (exact) mass is 263 g/mol. The molecular weight excluding hydrogens is 242 g/mol. The molecule has 19 heavy (non-hydrogen) atoms. The summed E-state index contributed by atoms with van der Waals surface area (Å²) in [5, 5.41) is 2.83. The first-order chi connectivity index (χ1) is 8.98. The van der Waals surface area contributed by atoms with Crippen molar-refractivity contribution in [2.45, 2.75) is 51.2 Å². The molecule has 0 aromatic carbocycles. The van der Waals surface area contributed by atoms with Gasteiger partial charge < -0.3 is 15.8 Å². The standard InChI is InChI=1S/C14H21N3O2/c1-10(2)19-13-11(5-3-8-16-13)17-12(18)9-14(15)6-4-7-14/h3,5,8,10H,4,6-7,9,15H2,1-2H3,(H,17,18). The maximum atomic E-state index is 12.0. The molecule has 0 radical (unpaired) electrons. The van der Waals surface area contributed by atoms with Crippen molar-refractivity contribution < 1.29 is 9.53 Å². The lowest BCUT2D eigenvalue weighted by atomic mass is 9.75. The predicted octanol–water partition coefficient (Wildman–Crippen LogP) is 2.08. The Morgan fingerprint density at radius 1 is 1.58 bits per heavy atom. The fourth-order valence-electron chi connectivity index (χ4n) is 2.12. The molecule has 0 bridgehead atoms. The second-order valence-electron chi connectivity index (χ2n) is 5.46. The molecule has 0 atom stereocenters. The van der Waals surface area contributed by atoms with Crippen LogP contribution >= 0.6 is 0 Å². The number of nitrogens with one attached hydrogen (secondary N) is 1. The van der Waals surface area contributed by atoms with E-state index in [1.807, 2.05) is 13.8 Å². The molecule has 0 saturated heterocycles. The van der Waals surface area contributed by atoms with Crippen molar-refractivity contribution in [2.75, 3.05) is 5.32 Å². The fourth-order valence-corrected chi connectivity index (χ4v) is 2.12. The van der Waals surface area contributed by atoms with E-state index in [0.717, 1.165) is 19.3 Å². The third-order valence-corrected chi connectivity index (χ3v) is 3.25. The van der Waals surface area contributed by atoms with Gasteiger partial charge in [-0.05, 0) is 45.2 Å². The van der Waals surface area contributed by atoms with Crippen molar-refractivity contribution >= 4 is 11.6 Å². The molecule has 5 nitrogen and oxygen atoms in total. The van der Waals surface area contributed by atoms with E-state index in [-0.39, 0.29) is 17.6 Å². The van der Waals surface area contributed by atoms with Crippen molar-refractivity contribution in [3.63, 3.8) is 0 Å². The van der Waals surface area contributed by atoms with Gasteiger partial charge in [-0.1, -0.05) is 0 Å². The SMILES string of the molecule is CC(C)Oc1ncccc1NC(=O)CC1(N)CCC1. The summed E-state index contributed by atoms with van der Waals surface area (Å²) in [5.74, 6) is 0.370. The van der Waals surface area contributed by atoms with Crippen LogP contribution in [0.4, 0.5) is 5.69 Å². The summed E-state index contributed by atoms with van der Waals surface area (Å²) in [6, 6.07) is 3.55. The van der Waals surface area contributed by atoms with Crippen molar-refractivity contribution in [3.05, 3.63) is 18.3 Å². The zero-order chi connectivity index (χ0) is 13.9. The minimum Gasteiger partial charge on any atom is -0.473 e. The number of ether oxygens (including phenoxy) is 1. The molecule has 1 aliphatic rings. The molecule has 5 heteroatoms. The first-order valence-corrected chi connectivity index (χ1v) is 6.69. The Kier molecular flexibility index (Phi) is 4.04. The van der Waals surface area contributed by atoms with Crippen LogP contribution < -0.4 is 15.8 Å². The van der Waals surface area contributed by atoms with Crippen LogP contribution in [0.5, 0.6) is 5.88 Å². The zero-order valence-electron chi connectivity index (χ0n) is 11.5. The Hall–Kier alpha value is -1.62. The summed E-state index contributed by atoms with van der Waals surface area (Å²) in [5.41, 5.74) is 6.36. The maximum absolute atomic E-state index is 12.0. The van der Waals surface area contributed by atoms with Gasteiger partial charge in [-0.25, -0.2) is 4.98 Å². The molecule has 1 fully saturated rings. The van der Waals surface area contributed by atoms with Crippen molar-refractivity contribution in [2.24, 2.45) is 5.73 Å². The van der Waals surface area contributed by atoms with Gasteiger partial charge in [0, 0.05) is 18.2 Å². The summed E-state index contributed by atoms with van der Waals surface area (Å²) in [4.78, 5) is 16.1. The molecule has 1 aliphatic carbocycles. The van der Waals surface area contributed by atoms with Crippen LogP contribution in [0.1, 0.15) is 39.5 Å². The number of aromatic nitrogens is 1. The molecule has 1 saturated carbocycles. The van der Waals surface area contributed by atoms with Gasteiger partial charge in [0.15, 0.2) is 0 Å². The van der Waals surface area contributed by atoms with Gasteiger partial charge in [0.05, 0.1) is 6.10 Å². The number of hydrogen-bond acceptors (Lipinski definition) is 4. The van der Waals surface area contributed by atoms with Gasteiger partial charge in [-0.2, -0.15) is 0 Å². The number of hydrogen-bond donors (Lipinski definition) is 2. The summed E-state index contributed by atoms with van der Waals surface area (Å²) in [6.07, 6.45) is 4.95. The van der Waals surface area contributed by atoms with E-state index in [1.165, 1.54) is 0 Å². The average Bonchev–Trinajstić information content (AvgIpc) is 2.29. The van der Waals surface area contributed by atoms with Crippen LogP contribution in [0.25, 0.3) is 0 Å². The fraction of sp³-hybridized carbons (Fsp3) is 0.571. The Labute approximate surface area is 113 Å². The molecule has 104 valence electrons. The van der Waals surface area contributed by atoms with Gasteiger partial charge in [-0.15, -0.1) is 0 Å². The van der Waals surface area contributed by atoms with Crippen LogP contribution in [0, 0.1) is 0 Å². The highest BCUT2D eigenvalue weighted by molar-refractivity contribution is 5.92. The lowest BCUT2D eigenvalue weighted by molar-refractivity contribution is -0.118. The third-order valence-electron chi connectivity index (χ3n) is 3.25. The van der Waals surface area contributed by atoms with E-state index in [1.54, 1.807) is 18.3 Å². The Bertz CT molecular complexity index is 456. The van der Waals surface area contributed by atoms with Crippen LogP contribution in [0.2, 0.25) is 0 Å². The van der Waals surface area contributed by atoms with Gasteiger partial charge in [0.2, 0.25) is 11.8 Å². The van der Waals surface area contributed by atoms with E-state index >= 15 is 0 Å². The summed E-state index contributed by atoms with van der Waals surface area (Å²) >= 11 is 0. The first-order valence-electron chi connectivity index (χ1n) is 6.69. The number of pyridine rings is 1. The van der Waals surface area contributed by atoms with Crippen LogP contribution in [0.3, 0.4) is 0 Å². The lowest BCUT2D eigenvalue weighted by Crippen LogP contribution is -2.48. The molecule has 0 unspecified atom stereocenters. The van der Waals surface area contributed by atoms with E-state index in [0.29, 0.717) is 18.0 Å². The van der Waals surface area contributed by atoms with E-state index in [4.69, 9.17) is 10.5 Å². The number of rotatable bonds is 5. The van der Waals surface area contributed by atoms with Gasteiger partial charge in [-0.3, -0.25) is 4.79 Å². The Morgan fingerprint density at radius 3 is 2.89 bits per heavy atom. The number of nitrogens with two attached hydrogens (primary N) is 1. The third kappa shape index (κ3) is 3.67. The number of anilines is 1. The molecule has 1 aromatic heterocycles. The second-order valence-corrected chi connectivity index (χ2v) is 5.46. The maximum Gasteiger partial charge on any atom is 0.238 e. The van der Waals surface area contributed by atoms with Crippen molar-refractivity contribution in [1.29, 1.82) is 0 Å². The van der Waals surface area contributed by atoms with Crippen LogP contribution in [-0.2, 0) is 4.79 Å². The highest BCUT2D eigenvalue weighted by Crippen LogP contribution is 2.32. The van der Waals surface area contributed by atoms with E-state index in [2.05, 4.69) is 10.3 Å². The molecule has 0 aliphatic heterocycles. The summed E-state index contributed by atoms with van der Waals surface area (Å²) < 4.78 is 5.56. The molecule has 2 rings (SSSR count). The smallest absolute Gasteiger partial charge is 0.238 e. The molecular formula is C14H21N3O2. The van der Waals surface area contributed by atoms with Crippen molar-refractivity contribution in [3.8, 4) is 5.88 Å². The molecule has 3 N–H and O–H groups in total. The van der Waals surface area contributed by atoms with E-state index < -0.39 is 0 Å². The average molecular weight is 263 g/mol. The highest BCUT2D eigenvalue weighted by atomic mass is 16.5. The normalized spacial score (nSPS) is 16.8. The van der Waals surface area contributed by atoms with Crippen LogP contribution in [-0.4, -0.2) is 22.5 Å². The predicted molar refractivity (Wildman–Crippen MR) is 74.0 cm³/mol. The lowest BCUT2D eigenvalue weighted by Gasteiger charge is -2.37. The summed E-state index contributed by atoms with van der Waals surface area (Å²) in [7, 11) is 0. The minimum atomic E-state index is -0.314. The molecule has 1 amide bonds. The molecule has 1 heterocycles.